The van der Waals surface area contributed by atoms with Crippen LogP contribution in [-0.2, 0) is 16.0 Å². The number of hydrogen-bond donors (Lipinski definition) is 0. The lowest BCUT2D eigenvalue weighted by Gasteiger charge is -2.17. The SMILES string of the molecule is CN1C[C@H](c2ccc(F)c(C#N)c2)[C@@H](C(=O)Cc2cccc(F)c2F)C1=O. The van der Waals surface area contributed by atoms with Gasteiger partial charge in [-0.1, -0.05) is 18.2 Å². The molecule has 0 aliphatic carbocycles. The molecule has 138 valence electrons. The molecule has 27 heavy (non-hydrogen) atoms. The van der Waals surface area contributed by atoms with E-state index in [1.807, 2.05) is 0 Å². The molecule has 1 aliphatic rings. The molecule has 0 unspecified atom stereocenters. The number of rotatable bonds is 4. The molecule has 2 aromatic rings. The van der Waals surface area contributed by atoms with Crippen LogP contribution in [0.1, 0.15) is 22.6 Å². The largest absolute Gasteiger partial charge is 0.344 e. The lowest BCUT2D eigenvalue weighted by Crippen LogP contribution is -2.29. The Kier molecular flexibility index (Phi) is 5.00. The zero-order valence-corrected chi connectivity index (χ0v) is 14.4. The summed E-state index contributed by atoms with van der Waals surface area (Å²) in [7, 11) is 1.53. The van der Waals surface area contributed by atoms with Gasteiger partial charge in [0.2, 0.25) is 5.91 Å². The average Bonchev–Trinajstić information content (AvgIpc) is 2.94. The standard InChI is InChI=1S/C20H15F3N2O2/c1-25-10-14(11-5-6-15(21)13(7-11)9-24)18(20(25)27)17(26)8-12-3-2-4-16(22)19(12)23/h2-7,14,18H,8,10H2,1H3/t14-,18+/m1/s1. The minimum atomic E-state index is -1.12. The van der Waals surface area contributed by atoms with E-state index in [1.54, 1.807) is 6.07 Å². The van der Waals surface area contributed by atoms with Crippen molar-refractivity contribution in [1.29, 1.82) is 5.26 Å². The molecule has 2 aromatic carbocycles. The molecule has 0 bridgehead atoms. The van der Waals surface area contributed by atoms with E-state index < -0.39 is 47.4 Å². The van der Waals surface area contributed by atoms with E-state index in [-0.39, 0.29) is 17.7 Å². The van der Waals surface area contributed by atoms with Crippen LogP contribution in [0.4, 0.5) is 13.2 Å². The molecule has 0 saturated carbocycles. The van der Waals surface area contributed by atoms with Gasteiger partial charge in [-0.2, -0.15) is 5.26 Å². The molecule has 0 N–H and O–H groups in total. The number of halogens is 3. The summed E-state index contributed by atoms with van der Waals surface area (Å²) in [5, 5.41) is 9.00. The van der Waals surface area contributed by atoms with E-state index in [9.17, 15) is 22.8 Å². The lowest BCUT2D eigenvalue weighted by atomic mass is 9.83. The molecule has 1 fully saturated rings. The third-order valence-electron chi connectivity index (χ3n) is 4.80. The highest BCUT2D eigenvalue weighted by Crippen LogP contribution is 2.35. The van der Waals surface area contributed by atoms with Crippen molar-refractivity contribution >= 4 is 11.7 Å². The fourth-order valence-corrected chi connectivity index (χ4v) is 3.40. The normalized spacial score (nSPS) is 19.2. The zero-order valence-electron chi connectivity index (χ0n) is 14.4. The molecule has 1 heterocycles. The van der Waals surface area contributed by atoms with Gasteiger partial charge in [0.15, 0.2) is 11.6 Å². The maximum absolute atomic E-state index is 13.9. The molecule has 1 aliphatic heterocycles. The van der Waals surface area contributed by atoms with E-state index in [2.05, 4.69) is 0 Å². The summed E-state index contributed by atoms with van der Waals surface area (Å²) in [6, 6.07) is 9.12. The number of benzene rings is 2. The molecule has 0 spiro atoms. The summed E-state index contributed by atoms with van der Waals surface area (Å²) in [5.41, 5.74) is 0.165. The Morgan fingerprint density at radius 3 is 2.67 bits per heavy atom. The molecule has 2 atom stereocenters. The van der Waals surface area contributed by atoms with Crippen molar-refractivity contribution in [3.63, 3.8) is 0 Å². The molecular formula is C20H15F3N2O2. The van der Waals surface area contributed by atoms with Crippen molar-refractivity contribution in [2.75, 3.05) is 13.6 Å². The van der Waals surface area contributed by atoms with Crippen LogP contribution in [0.3, 0.4) is 0 Å². The highest BCUT2D eigenvalue weighted by Gasteiger charge is 2.44. The van der Waals surface area contributed by atoms with E-state index in [0.29, 0.717) is 5.56 Å². The van der Waals surface area contributed by atoms with Gasteiger partial charge in [-0.25, -0.2) is 13.2 Å². The molecule has 1 amide bonds. The van der Waals surface area contributed by atoms with Crippen LogP contribution in [0.5, 0.6) is 0 Å². The first-order valence-corrected chi connectivity index (χ1v) is 8.23. The van der Waals surface area contributed by atoms with Crippen molar-refractivity contribution in [1.82, 2.24) is 4.90 Å². The highest BCUT2D eigenvalue weighted by atomic mass is 19.2. The van der Waals surface area contributed by atoms with Crippen LogP contribution >= 0.6 is 0 Å². The zero-order chi connectivity index (χ0) is 19.7. The predicted octanol–water partition coefficient (Wildman–Crippen LogP) is 2.96. The summed E-state index contributed by atoms with van der Waals surface area (Å²) >= 11 is 0. The van der Waals surface area contributed by atoms with Gasteiger partial charge in [0.25, 0.3) is 0 Å². The minimum Gasteiger partial charge on any atom is -0.344 e. The van der Waals surface area contributed by atoms with E-state index >= 15 is 0 Å². The Balaban J connectivity index is 1.93. The number of carbonyl (C=O) groups is 2. The van der Waals surface area contributed by atoms with Gasteiger partial charge in [0.1, 0.15) is 23.6 Å². The van der Waals surface area contributed by atoms with Gasteiger partial charge in [0, 0.05) is 25.9 Å². The first kappa shape index (κ1) is 18.6. The van der Waals surface area contributed by atoms with E-state index in [4.69, 9.17) is 5.26 Å². The van der Waals surface area contributed by atoms with Gasteiger partial charge in [-0.3, -0.25) is 9.59 Å². The number of ketones is 1. The number of Topliss-reactive ketones (excluding diaryl/α,β-unsaturated/α-hetero) is 1. The van der Waals surface area contributed by atoms with Crippen molar-refractivity contribution in [2.45, 2.75) is 12.3 Å². The second-order valence-electron chi connectivity index (χ2n) is 6.51. The van der Waals surface area contributed by atoms with Crippen LogP contribution in [0.15, 0.2) is 36.4 Å². The molecular weight excluding hydrogens is 357 g/mol. The summed E-state index contributed by atoms with van der Waals surface area (Å²) in [6.45, 7) is 0.206. The third kappa shape index (κ3) is 3.43. The van der Waals surface area contributed by atoms with Crippen LogP contribution < -0.4 is 0 Å². The van der Waals surface area contributed by atoms with Gasteiger partial charge >= 0.3 is 0 Å². The van der Waals surface area contributed by atoms with Crippen molar-refractivity contribution in [3.05, 3.63) is 70.5 Å². The number of hydrogen-bond acceptors (Lipinski definition) is 3. The van der Waals surface area contributed by atoms with Crippen LogP contribution in [0, 0.1) is 34.7 Å². The Bertz CT molecular complexity index is 968. The van der Waals surface area contributed by atoms with Crippen molar-refractivity contribution in [3.8, 4) is 6.07 Å². The minimum absolute atomic E-state index is 0.127. The van der Waals surface area contributed by atoms with Crippen LogP contribution in [0.25, 0.3) is 0 Å². The summed E-state index contributed by atoms with van der Waals surface area (Å²) in [5.74, 6) is -5.57. The maximum Gasteiger partial charge on any atom is 0.233 e. The average molecular weight is 372 g/mol. The Labute approximate surface area is 153 Å². The molecule has 4 nitrogen and oxygen atoms in total. The Morgan fingerprint density at radius 2 is 1.96 bits per heavy atom. The van der Waals surface area contributed by atoms with Crippen LogP contribution in [-0.4, -0.2) is 30.2 Å². The van der Waals surface area contributed by atoms with Crippen LogP contribution in [0.2, 0.25) is 0 Å². The van der Waals surface area contributed by atoms with E-state index in [0.717, 1.165) is 12.1 Å². The molecule has 0 aromatic heterocycles. The second kappa shape index (κ2) is 7.23. The van der Waals surface area contributed by atoms with Gasteiger partial charge in [-0.15, -0.1) is 0 Å². The topological polar surface area (TPSA) is 61.2 Å². The monoisotopic (exact) mass is 372 g/mol. The summed E-state index contributed by atoms with van der Waals surface area (Å²) in [6.07, 6.45) is -0.434. The first-order chi connectivity index (χ1) is 12.8. The number of nitriles is 1. The van der Waals surface area contributed by atoms with Crippen molar-refractivity contribution in [2.24, 2.45) is 5.92 Å². The number of nitrogens with zero attached hydrogens (tertiary/aromatic N) is 2. The predicted molar refractivity (Wildman–Crippen MR) is 90.1 cm³/mol. The molecule has 0 radical (unpaired) electrons. The van der Waals surface area contributed by atoms with Crippen molar-refractivity contribution < 1.29 is 22.8 Å². The van der Waals surface area contributed by atoms with Gasteiger partial charge in [-0.05, 0) is 29.3 Å². The first-order valence-electron chi connectivity index (χ1n) is 8.23. The molecule has 3 rings (SSSR count). The maximum atomic E-state index is 13.9. The fraction of sp³-hybridized carbons (Fsp3) is 0.250. The number of carbonyl (C=O) groups excluding carboxylic acids is 2. The second-order valence-corrected chi connectivity index (χ2v) is 6.51. The molecule has 1 saturated heterocycles. The third-order valence-corrected chi connectivity index (χ3v) is 4.80. The quantitative estimate of drug-likeness (QED) is 0.776. The summed E-state index contributed by atoms with van der Waals surface area (Å²) in [4.78, 5) is 26.6. The highest BCUT2D eigenvalue weighted by molar-refractivity contribution is 6.04. The Morgan fingerprint density at radius 1 is 1.22 bits per heavy atom. The molecule has 7 heteroatoms. The van der Waals surface area contributed by atoms with Gasteiger partial charge in [0.05, 0.1) is 5.56 Å². The number of amides is 1. The Hall–Kier alpha value is -3.14. The number of likely N-dealkylation sites (tertiary alicyclic amines) is 1. The van der Waals surface area contributed by atoms with Gasteiger partial charge < -0.3 is 4.90 Å². The fourth-order valence-electron chi connectivity index (χ4n) is 3.40. The smallest absolute Gasteiger partial charge is 0.233 e. The summed E-state index contributed by atoms with van der Waals surface area (Å²) < 4.78 is 40.9. The van der Waals surface area contributed by atoms with E-state index in [1.165, 1.54) is 36.2 Å². The lowest BCUT2D eigenvalue weighted by molar-refractivity contribution is -0.136. The number of likely N-dealkylation sites (N-methyl/N-ethyl adjacent to an activating group) is 1.